The van der Waals surface area contributed by atoms with Gasteiger partial charge in [0.1, 0.15) is 19.3 Å². The number of aliphatic hydroxyl groups is 1. The van der Waals surface area contributed by atoms with Gasteiger partial charge in [-0.1, -0.05) is 261 Å². The van der Waals surface area contributed by atoms with Crippen LogP contribution < -0.4 is 0 Å². The Labute approximate surface area is 602 Å². The van der Waals surface area contributed by atoms with E-state index in [4.69, 9.17) is 37.0 Å². The predicted octanol–water partition coefficient (Wildman–Crippen LogP) is 21.0. The fourth-order valence-electron chi connectivity index (χ4n) is 8.69. The van der Waals surface area contributed by atoms with Gasteiger partial charge in [0.2, 0.25) is 0 Å². The third kappa shape index (κ3) is 70.3. The average Bonchev–Trinajstić information content (AvgIpc) is 1.01. The van der Waals surface area contributed by atoms with Crippen LogP contribution in [0.2, 0.25) is 0 Å². The Bertz CT molecular complexity index is 2670. The molecule has 0 aliphatic heterocycles. The molecule has 3 N–H and O–H groups in total. The minimum atomic E-state index is -5.03. The van der Waals surface area contributed by atoms with Crippen LogP contribution in [0.3, 0.4) is 0 Å². The largest absolute Gasteiger partial charge is 0.472 e. The number of allylic oxidation sites excluding steroid dienone is 30. The van der Waals surface area contributed by atoms with Crippen molar-refractivity contribution in [1.82, 2.24) is 0 Å². The minimum Gasteiger partial charge on any atom is -0.462 e. The van der Waals surface area contributed by atoms with Gasteiger partial charge in [0.15, 0.2) is 12.2 Å². The number of unbranched alkanes of at least 4 members (excludes halogenated alkanes) is 10. The van der Waals surface area contributed by atoms with Crippen molar-refractivity contribution in [3.8, 4) is 0 Å². The molecular formula is C81H126O17P2. The van der Waals surface area contributed by atoms with Crippen LogP contribution in [0.5, 0.6) is 0 Å². The van der Waals surface area contributed by atoms with Gasteiger partial charge in [0.05, 0.1) is 39.3 Å². The molecule has 0 aliphatic carbocycles. The maximum absolute atomic E-state index is 13.1. The molecule has 0 fully saturated rings. The molecule has 5 atom stereocenters. The molecule has 562 valence electrons. The van der Waals surface area contributed by atoms with E-state index < -0.39 is 97.5 Å². The Kier molecular flexibility index (Phi) is 67.0. The summed E-state index contributed by atoms with van der Waals surface area (Å²) in [5, 5.41) is 10.6. The SMILES string of the molecule is CC/C=C\C/C=C\C/C=C\C/C=C\C/C=C\CC(=O)OCC(COP(=O)(O)OCC(O)COP(=O)(O)OCC(COC(=O)CCCCCCC/C=C\C/C=C\C/C=C\CC)OC(=O)CCCCCCC/C=C\C/C=C\C/C=C\CC)OC(=O)C/C=C\C/C=C\C/C=C\C/C=C\C/C=C\CC. The molecule has 100 heavy (non-hydrogen) atoms. The lowest BCUT2D eigenvalue weighted by Crippen LogP contribution is -2.30. The quantitative estimate of drug-likeness (QED) is 0.0169. The molecule has 0 radical (unpaired) electrons. The van der Waals surface area contributed by atoms with E-state index in [-0.39, 0.29) is 25.7 Å². The molecule has 0 aromatic carbocycles. The van der Waals surface area contributed by atoms with Gasteiger partial charge < -0.3 is 33.8 Å². The first-order valence-corrected chi connectivity index (χ1v) is 39.7. The van der Waals surface area contributed by atoms with Gasteiger partial charge in [0, 0.05) is 12.8 Å². The lowest BCUT2D eigenvalue weighted by molar-refractivity contribution is -0.161. The Morgan fingerprint density at radius 3 is 0.880 bits per heavy atom. The number of carbonyl (C=O) groups is 4. The van der Waals surface area contributed by atoms with Crippen molar-refractivity contribution >= 4 is 39.5 Å². The van der Waals surface area contributed by atoms with Crippen LogP contribution in [-0.4, -0.2) is 96.7 Å². The molecule has 5 unspecified atom stereocenters. The van der Waals surface area contributed by atoms with E-state index in [1.807, 2.05) is 24.3 Å². The van der Waals surface area contributed by atoms with Gasteiger partial charge in [-0.05, 0) is 141 Å². The number of ether oxygens (including phenoxy) is 4. The van der Waals surface area contributed by atoms with Crippen molar-refractivity contribution < 1.29 is 80.2 Å². The molecule has 0 saturated heterocycles. The molecule has 0 rings (SSSR count). The highest BCUT2D eigenvalue weighted by Gasteiger charge is 2.30. The topological polar surface area (TPSA) is 237 Å². The van der Waals surface area contributed by atoms with Crippen LogP contribution in [-0.2, 0) is 65.4 Å². The van der Waals surface area contributed by atoms with Crippen LogP contribution in [0.25, 0.3) is 0 Å². The number of carbonyl (C=O) groups excluding carboxylic acids is 4. The first-order valence-electron chi connectivity index (χ1n) is 36.7. The summed E-state index contributed by atoms with van der Waals surface area (Å²) in [7, 11) is -10.0. The van der Waals surface area contributed by atoms with Crippen molar-refractivity contribution in [2.75, 3.05) is 39.6 Å². The second-order valence-electron chi connectivity index (χ2n) is 23.4. The summed E-state index contributed by atoms with van der Waals surface area (Å²) in [5.74, 6) is -2.54. The van der Waals surface area contributed by atoms with Gasteiger partial charge in [-0.2, -0.15) is 0 Å². The van der Waals surface area contributed by atoms with Crippen molar-refractivity contribution in [3.05, 3.63) is 194 Å². The predicted molar refractivity (Wildman–Crippen MR) is 408 cm³/mol. The molecule has 0 amide bonds. The summed E-state index contributed by atoms with van der Waals surface area (Å²) >= 11 is 0. The monoisotopic (exact) mass is 1430 g/mol. The van der Waals surface area contributed by atoms with E-state index in [0.717, 1.165) is 154 Å². The first kappa shape index (κ1) is 93.9. The van der Waals surface area contributed by atoms with Crippen LogP contribution in [0.1, 0.15) is 233 Å². The maximum Gasteiger partial charge on any atom is 0.472 e. The summed E-state index contributed by atoms with van der Waals surface area (Å²) in [6.07, 6.45) is 86.4. The number of phosphoric ester groups is 2. The normalized spacial score (nSPS) is 15.1. The average molecular weight is 1430 g/mol. The lowest BCUT2D eigenvalue weighted by atomic mass is 10.1. The summed E-state index contributed by atoms with van der Waals surface area (Å²) in [5.41, 5.74) is 0. The van der Waals surface area contributed by atoms with Gasteiger partial charge in [-0.3, -0.25) is 37.3 Å². The number of hydrogen-bond donors (Lipinski definition) is 3. The molecule has 0 bridgehead atoms. The number of aliphatic hydroxyl groups excluding tert-OH is 1. The maximum atomic E-state index is 13.1. The fourth-order valence-corrected chi connectivity index (χ4v) is 10.3. The highest BCUT2D eigenvalue weighted by Crippen LogP contribution is 2.45. The van der Waals surface area contributed by atoms with Crippen molar-refractivity contribution in [3.63, 3.8) is 0 Å². The van der Waals surface area contributed by atoms with Gasteiger partial charge in [-0.25, -0.2) is 9.13 Å². The molecule has 0 heterocycles. The molecule has 17 nitrogen and oxygen atoms in total. The van der Waals surface area contributed by atoms with Gasteiger partial charge in [0.25, 0.3) is 0 Å². The van der Waals surface area contributed by atoms with Crippen molar-refractivity contribution in [1.29, 1.82) is 0 Å². The van der Waals surface area contributed by atoms with Crippen LogP contribution >= 0.6 is 15.6 Å². The second kappa shape index (κ2) is 71.3. The first-order chi connectivity index (χ1) is 48.7. The standard InChI is InChI=1S/C81H126O17P2/c1-5-9-13-17-21-25-29-33-37-41-45-49-53-57-61-65-78(83)91-71-76(97-80(85)67-63-59-55-51-47-43-39-35-31-27-23-19-15-11-7-3)73-95-99(87,88)93-69-75(82)70-94-100(89,90)96-74-77(98-81(86)68-64-60-56-52-48-44-40-36-32-28-24-20-16-12-8-4)72-92-79(84)66-62-58-54-50-46-42-38-34-30-26-22-18-14-10-6-2/h9-16,21-28,33-40,45,47,49,51,57,59,61,63,75-77,82H,5-8,17-20,29-32,41-44,46,48,50,52-56,58,60,62,64-74H2,1-4H3,(H,87,88)(H,89,90)/b13-9-,14-10-,15-11-,16-12-,25-21-,26-22-,27-23-,28-24-,37-33-,38-34-,39-35-,40-36-,49-45-,51-47-,61-57-,63-59-. The smallest absolute Gasteiger partial charge is 0.462 e. The third-order valence-corrected chi connectivity index (χ3v) is 16.0. The second-order valence-corrected chi connectivity index (χ2v) is 26.3. The number of rotatable bonds is 66. The summed E-state index contributed by atoms with van der Waals surface area (Å²) < 4.78 is 68.1. The zero-order valence-electron chi connectivity index (χ0n) is 61.0. The highest BCUT2D eigenvalue weighted by atomic mass is 31.2. The summed E-state index contributed by atoms with van der Waals surface area (Å²) in [6, 6.07) is 0. The molecule has 0 spiro atoms. The van der Waals surface area contributed by atoms with Crippen molar-refractivity contribution in [2.45, 2.75) is 251 Å². The molecular weight excluding hydrogens is 1310 g/mol. The molecule has 0 saturated carbocycles. The lowest BCUT2D eigenvalue weighted by Gasteiger charge is -2.21. The Morgan fingerprint density at radius 2 is 0.540 bits per heavy atom. The van der Waals surface area contributed by atoms with E-state index in [2.05, 4.69) is 174 Å². The van der Waals surface area contributed by atoms with E-state index in [1.54, 1.807) is 24.3 Å². The summed E-state index contributed by atoms with van der Waals surface area (Å²) in [6.45, 7) is 4.09. The van der Waals surface area contributed by atoms with Gasteiger partial charge >= 0.3 is 39.5 Å². The van der Waals surface area contributed by atoms with Crippen LogP contribution in [0.15, 0.2) is 194 Å². The Balaban J connectivity index is 5.55. The number of phosphoric acid groups is 2. The number of hydrogen-bond acceptors (Lipinski definition) is 15. The van der Waals surface area contributed by atoms with Crippen LogP contribution in [0, 0.1) is 0 Å². The Hall–Kier alpha value is -6.10. The fraction of sp³-hybridized carbons (Fsp3) is 0.556. The number of esters is 4. The van der Waals surface area contributed by atoms with Crippen molar-refractivity contribution in [2.24, 2.45) is 0 Å². The molecule has 0 aliphatic rings. The zero-order valence-corrected chi connectivity index (χ0v) is 62.8. The molecule has 0 aromatic heterocycles. The van der Waals surface area contributed by atoms with E-state index in [0.29, 0.717) is 25.7 Å². The third-order valence-electron chi connectivity index (χ3n) is 14.1. The Morgan fingerprint density at radius 1 is 0.290 bits per heavy atom. The highest BCUT2D eigenvalue weighted by molar-refractivity contribution is 7.47. The van der Waals surface area contributed by atoms with Gasteiger partial charge in [-0.15, -0.1) is 0 Å². The van der Waals surface area contributed by atoms with E-state index in [1.165, 1.54) is 0 Å². The van der Waals surface area contributed by atoms with E-state index >= 15 is 0 Å². The minimum absolute atomic E-state index is 0.0588. The zero-order chi connectivity index (χ0) is 73.2. The van der Waals surface area contributed by atoms with Crippen LogP contribution in [0.4, 0.5) is 0 Å². The summed E-state index contributed by atoms with van der Waals surface area (Å²) in [4.78, 5) is 72.7. The molecule has 0 aromatic rings. The molecule has 19 heteroatoms. The van der Waals surface area contributed by atoms with E-state index in [9.17, 15) is 43.2 Å².